The van der Waals surface area contributed by atoms with Crippen molar-refractivity contribution in [2.24, 2.45) is 0 Å². The number of hydrogen-bond donors (Lipinski definition) is 1. The zero-order valence-corrected chi connectivity index (χ0v) is 12.7. The van der Waals surface area contributed by atoms with E-state index in [1.165, 1.54) is 11.3 Å². The van der Waals surface area contributed by atoms with Gasteiger partial charge in [-0.1, -0.05) is 39.7 Å². The van der Waals surface area contributed by atoms with E-state index in [4.69, 9.17) is 11.6 Å². The van der Waals surface area contributed by atoms with Crippen LogP contribution in [0.1, 0.15) is 27.7 Å². The van der Waals surface area contributed by atoms with E-state index in [1.807, 2.05) is 38.1 Å². The van der Waals surface area contributed by atoms with E-state index in [2.05, 4.69) is 15.9 Å². The van der Waals surface area contributed by atoms with Crippen LogP contribution in [0.15, 0.2) is 28.7 Å². The van der Waals surface area contributed by atoms with Crippen molar-refractivity contribution in [1.82, 2.24) is 0 Å². The third-order valence-electron chi connectivity index (χ3n) is 2.64. The Morgan fingerprint density at radius 1 is 1.24 bits per heavy atom. The minimum Gasteiger partial charge on any atom is -0.383 e. The molecule has 0 aliphatic carbocycles. The molecule has 0 aliphatic rings. The highest BCUT2D eigenvalue weighted by molar-refractivity contribution is 9.10. The number of aliphatic hydroxyl groups is 1. The van der Waals surface area contributed by atoms with Crippen LogP contribution >= 0.6 is 38.9 Å². The number of hydrogen-bond acceptors (Lipinski definition) is 2. The molecule has 0 spiro atoms. The van der Waals surface area contributed by atoms with E-state index in [1.54, 1.807) is 0 Å². The molecule has 4 heteroatoms. The molecule has 1 nitrogen and oxygen atoms in total. The molecule has 1 unspecified atom stereocenters. The summed E-state index contributed by atoms with van der Waals surface area (Å²) in [6, 6.07) is 7.67. The molecule has 1 aromatic carbocycles. The van der Waals surface area contributed by atoms with Gasteiger partial charge in [-0.05, 0) is 42.7 Å². The van der Waals surface area contributed by atoms with Gasteiger partial charge >= 0.3 is 0 Å². The minimum absolute atomic E-state index is 0.599. The Hall–Kier alpha value is -0.350. The lowest BCUT2D eigenvalue weighted by Gasteiger charge is -2.12. The summed E-state index contributed by atoms with van der Waals surface area (Å²) in [5, 5.41) is 10.3. The van der Waals surface area contributed by atoms with Gasteiger partial charge < -0.3 is 5.11 Å². The summed E-state index contributed by atoms with van der Waals surface area (Å²) in [4.78, 5) is 0.871. The van der Waals surface area contributed by atoms with Gasteiger partial charge in [0.1, 0.15) is 6.10 Å². The lowest BCUT2D eigenvalue weighted by atomic mass is 10.0. The van der Waals surface area contributed by atoms with Crippen LogP contribution in [-0.2, 0) is 0 Å². The highest BCUT2D eigenvalue weighted by Crippen LogP contribution is 2.33. The molecule has 1 heterocycles. The molecule has 0 aliphatic heterocycles. The highest BCUT2D eigenvalue weighted by atomic mass is 79.9. The van der Waals surface area contributed by atoms with Crippen LogP contribution in [-0.4, -0.2) is 5.11 Å². The fourth-order valence-electron chi connectivity index (χ4n) is 1.78. The maximum Gasteiger partial charge on any atom is 0.113 e. The summed E-state index contributed by atoms with van der Waals surface area (Å²) in [5.41, 5.74) is 3.16. The molecule has 0 amide bonds. The molecule has 90 valence electrons. The topological polar surface area (TPSA) is 20.2 Å². The van der Waals surface area contributed by atoms with Gasteiger partial charge in [0.2, 0.25) is 0 Å². The molecule has 17 heavy (non-hydrogen) atoms. The monoisotopic (exact) mass is 330 g/mol. The maximum absolute atomic E-state index is 10.3. The zero-order chi connectivity index (χ0) is 12.6. The van der Waals surface area contributed by atoms with E-state index in [-0.39, 0.29) is 0 Å². The van der Waals surface area contributed by atoms with Gasteiger partial charge in [-0.25, -0.2) is 0 Å². The summed E-state index contributed by atoms with van der Waals surface area (Å²) in [5.74, 6) is 0. The average molecular weight is 332 g/mol. The van der Waals surface area contributed by atoms with Gasteiger partial charge in [0, 0.05) is 9.35 Å². The minimum atomic E-state index is -0.599. The predicted molar refractivity (Wildman–Crippen MR) is 77.0 cm³/mol. The van der Waals surface area contributed by atoms with Crippen molar-refractivity contribution in [2.45, 2.75) is 20.0 Å². The van der Waals surface area contributed by atoms with E-state index < -0.39 is 6.10 Å². The summed E-state index contributed by atoms with van der Waals surface area (Å²) < 4.78 is 1.79. The molecule has 1 aromatic heterocycles. The van der Waals surface area contributed by atoms with Crippen molar-refractivity contribution < 1.29 is 5.11 Å². The standard InChI is InChI=1S/C13H12BrClOS/c1-7-5-9(6-8(2)12(7)14)13(16)10-3-4-11(15)17-10/h3-6,13,16H,1-2H3. The maximum atomic E-state index is 10.3. The Morgan fingerprint density at radius 3 is 2.29 bits per heavy atom. The summed E-state index contributed by atoms with van der Waals surface area (Å²) in [6.07, 6.45) is -0.599. The number of thiophene rings is 1. The van der Waals surface area contributed by atoms with Crippen molar-refractivity contribution in [3.63, 3.8) is 0 Å². The quantitative estimate of drug-likeness (QED) is 0.833. The van der Waals surface area contributed by atoms with Crippen molar-refractivity contribution >= 4 is 38.9 Å². The van der Waals surface area contributed by atoms with Crippen molar-refractivity contribution in [1.29, 1.82) is 0 Å². The average Bonchev–Trinajstić information content (AvgIpc) is 2.71. The largest absolute Gasteiger partial charge is 0.383 e. The first-order chi connectivity index (χ1) is 7.99. The second-order valence-electron chi connectivity index (χ2n) is 4.01. The third-order valence-corrected chi connectivity index (χ3v) is 5.17. The van der Waals surface area contributed by atoms with Crippen LogP contribution in [0.25, 0.3) is 0 Å². The second kappa shape index (κ2) is 5.11. The molecule has 2 aromatic rings. The molecule has 0 fully saturated rings. The van der Waals surface area contributed by atoms with E-state index in [0.29, 0.717) is 4.34 Å². The smallest absolute Gasteiger partial charge is 0.113 e. The number of halogens is 2. The Labute approximate surface area is 118 Å². The number of benzene rings is 1. The summed E-state index contributed by atoms with van der Waals surface area (Å²) in [6.45, 7) is 4.05. The van der Waals surface area contributed by atoms with Gasteiger partial charge in [0.15, 0.2) is 0 Å². The Morgan fingerprint density at radius 2 is 1.82 bits per heavy atom. The third kappa shape index (κ3) is 2.74. The molecular formula is C13H12BrClOS. The SMILES string of the molecule is Cc1cc(C(O)c2ccc(Cl)s2)cc(C)c1Br. The van der Waals surface area contributed by atoms with Crippen LogP contribution in [0, 0.1) is 13.8 Å². The zero-order valence-electron chi connectivity index (χ0n) is 9.50. The first-order valence-corrected chi connectivity index (χ1v) is 7.17. The molecule has 0 radical (unpaired) electrons. The summed E-state index contributed by atoms with van der Waals surface area (Å²) >= 11 is 10.8. The van der Waals surface area contributed by atoms with Crippen LogP contribution in [0.5, 0.6) is 0 Å². The van der Waals surface area contributed by atoms with Crippen LogP contribution in [0.2, 0.25) is 4.34 Å². The normalized spacial score (nSPS) is 12.8. The predicted octanol–water partition coefficient (Wildman–Crippen LogP) is 4.86. The van der Waals surface area contributed by atoms with Crippen LogP contribution in [0.3, 0.4) is 0 Å². The Kier molecular flexibility index (Phi) is 3.93. The fourth-order valence-corrected chi connectivity index (χ4v) is 3.08. The summed E-state index contributed by atoms with van der Waals surface area (Å²) in [7, 11) is 0. The first kappa shape index (κ1) is 13.1. The van der Waals surface area contributed by atoms with Gasteiger partial charge in [-0.3, -0.25) is 0 Å². The molecule has 0 saturated carbocycles. The lowest BCUT2D eigenvalue weighted by molar-refractivity contribution is 0.224. The van der Waals surface area contributed by atoms with Crippen molar-refractivity contribution in [3.05, 3.63) is 54.6 Å². The Bertz CT molecular complexity index is 527. The van der Waals surface area contributed by atoms with Crippen molar-refractivity contribution in [2.75, 3.05) is 0 Å². The van der Waals surface area contributed by atoms with Gasteiger partial charge in [0.25, 0.3) is 0 Å². The van der Waals surface area contributed by atoms with Gasteiger partial charge in [0.05, 0.1) is 4.34 Å². The molecule has 0 saturated heterocycles. The number of aryl methyl sites for hydroxylation is 2. The molecular weight excluding hydrogens is 320 g/mol. The van der Waals surface area contributed by atoms with Crippen LogP contribution in [0.4, 0.5) is 0 Å². The molecule has 1 atom stereocenters. The fraction of sp³-hybridized carbons (Fsp3) is 0.231. The lowest BCUT2D eigenvalue weighted by Crippen LogP contribution is -1.99. The van der Waals surface area contributed by atoms with E-state index in [9.17, 15) is 5.11 Å². The van der Waals surface area contributed by atoms with E-state index >= 15 is 0 Å². The van der Waals surface area contributed by atoms with Gasteiger partial charge in [-0.2, -0.15) is 0 Å². The number of aliphatic hydroxyl groups excluding tert-OH is 1. The molecule has 0 bridgehead atoms. The van der Waals surface area contributed by atoms with Crippen LogP contribution < -0.4 is 0 Å². The molecule has 2 rings (SSSR count). The number of rotatable bonds is 2. The van der Waals surface area contributed by atoms with Gasteiger partial charge in [-0.15, -0.1) is 11.3 Å². The van der Waals surface area contributed by atoms with Crippen molar-refractivity contribution in [3.8, 4) is 0 Å². The first-order valence-electron chi connectivity index (χ1n) is 5.19. The second-order valence-corrected chi connectivity index (χ2v) is 6.55. The molecule has 1 N–H and O–H groups in total. The Balaban J connectivity index is 2.41. The van der Waals surface area contributed by atoms with E-state index in [0.717, 1.165) is 26.0 Å². The highest BCUT2D eigenvalue weighted by Gasteiger charge is 2.14.